The van der Waals surface area contributed by atoms with Crippen molar-refractivity contribution in [2.75, 3.05) is 5.73 Å². The second kappa shape index (κ2) is 4.04. The van der Waals surface area contributed by atoms with Crippen molar-refractivity contribution in [2.45, 2.75) is 13.3 Å². The monoisotopic (exact) mass is 198 g/mol. The van der Waals surface area contributed by atoms with Crippen molar-refractivity contribution in [1.29, 1.82) is 0 Å². The fraction of sp³-hybridized carbons (Fsp3) is 0.250. The molecule has 0 aliphatic carbocycles. The zero-order valence-corrected chi connectivity index (χ0v) is 7.97. The third-order valence-corrected chi connectivity index (χ3v) is 2.11. The van der Waals surface area contributed by atoms with Crippen LogP contribution >= 0.6 is 11.3 Å². The van der Waals surface area contributed by atoms with Gasteiger partial charge in [-0.3, -0.25) is 0 Å². The molecule has 13 heavy (non-hydrogen) atoms. The topological polar surface area (TPSA) is 76.2 Å². The van der Waals surface area contributed by atoms with Gasteiger partial charge in [-0.1, -0.05) is 13.0 Å². The molecule has 3 N–H and O–H groups in total. The highest BCUT2D eigenvalue weighted by atomic mass is 32.1. The first-order valence-corrected chi connectivity index (χ1v) is 4.68. The number of allylic oxidation sites excluding steroid dienone is 1. The maximum absolute atomic E-state index is 10.8. The van der Waals surface area contributed by atoms with E-state index < -0.39 is 5.97 Å². The van der Waals surface area contributed by atoms with Crippen LogP contribution in [0.2, 0.25) is 0 Å². The van der Waals surface area contributed by atoms with E-state index in [4.69, 9.17) is 10.8 Å². The summed E-state index contributed by atoms with van der Waals surface area (Å²) in [4.78, 5) is 14.7. The maximum atomic E-state index is 10.8. The number of nitrogens with two attached hydrogens (primary N) is 1. The molecule has 0 fully saturated rings. The van der Waals surface area contributed by atoms with Crippen LogP contribution < -0.4 is 5.73 Å². The van der Waals surface area contributed by atoms with Crippen LogP contribution in [0, 0.1) is 0 Å². The van der Waals surface area contributed by atoms with Crippen molar-refractivity contribution < 1.29 is 9.90 Å². The summed E-state index contributed by atoms with van der Waals surface area (Å²) in [5, 5.41) is 10.9. The van der Waals surface area contributed by atoms with Gasteiger partial charge >= 0.3 is 5.97 Å². The van der Waals surface area contributed by atoms with E-state index in [1.54, 1.807) is 11.5 Å². The molecule has 0 amide bonds. The second-order valence-electron chi connectivity index (χ2n) is 2.40. The Labute approximate surface area is 79.7 Å². The molecule has 1 heterocycles. The number of hydrogen-bond acceptors (Lipinski definition) is 4. The van der Waals surface area contributed by atoms with E-state index in [1.165, 1.54) is 11.3 Å². The minimum Gasteiger partial charge on any atom is -0.478 e. The van der Waals surface area contributed by atoms with E-state index in [9.17, 15) is 4.79 Å². The molecule has 0 aromatic carbocycles. The molecule has 1 rings (SSSR count). The SMILES string of the molecule is CC/C=C(/C(=O)O)c1csc(N)n1. The molecule has 1 aromatic heterocycles. The average molecular weight is 198 g/mol. The first kappa shape index (κ1) is 9.73. The van der Waals surface area contributed by atoms with Crippen LogP contribution in [-0.2, 0) is 4.79 Å². The van der Waals surface area contributed by atoms with Crippen molar-refractivity contribution in [1.82, 2.24) is 4.98 Å². The number of thiazole rings is 1. The number of hydrogen-bond donors (Lipinski definition) is 2. The summed E-state index contributed by atoms with van der Waals surface area (Å²) in [7, 11) is 0. The van der Waals surface area contributed by atoms with Crippen molar-refractivity contribution in [3.05, 3.63) is 17.2 Å². The van der Waals surface area contributed by atoms with E-state index in [0.29, 0.717) is 17.2 Å². The third kappa shape index (κ3) is 2.29. The van der Waals surface area contributed by atoms with Gasteiger partial charge in [0.05, 0.1) is 11.3 Å². The summed E-state index contributed by atoms with van der Waals surface area (Å²) in [6, 6.07) is 0. The number of nitrogen functional groups attached to an aromatic ring is 1. The highest BCUT2D eigenvalue weighted by Crippen LogP contribution is 2.19. The van der Waals surface area contributed by atoms with Crippen molar-refractivity contribution >= 4 is 28.0 Å². The zero-order chi connectivity index (χ0) is 9.84. The fourth-order valence-corrected chi connectivity index (χ4v) is 1.48. The lowest BCUT2D eigenvalue weighted by atomic mass is 10.2. The molecule has 0 unspecified atom stereocenters. The van der Waals surface area contributed by atoms with Crippen LogP contribution in [-0.4, -0.2) is 16.1 Å². The highest BCUT2D eigenvalue weighted by Gasteiger charge is 2.12. The third-order valence-electron chi connectivity index (χ3n) is 1.44. The van der Waals surface area contributed by atoms with Gasteiger partial charge in [-0.15, -0.1) is 11.3 Å². The predicted octanol–water partition coefficient (Wildman–Crippen LogP) is 1.60. The van der Waals surface area contributed by atoms with Crippen LogP contribution in [0.3, 0.4) is 0 Å². The van der Waals surface area contributed by atoms with E-state index in [2.05, 4.69) is 4.98 Å². The van der Waals surface area contributed by atoms with Crippen molar-refractivity contribution in [3.8, 4) is 0 Å². The van der Waals surface area contributed by atoms with Crippen molar-refractivity contribution in [3.63, 3.8) is 0 Å². The number of carboxylic acids is 1. The Morgan fingerprint density at radius 3 is 2.92 bits per heavy atom. The van der Waals surface area contributed by atoms with E-state index in [0.717, 1.165) is 0 Å². The first-order chi connectivity index (χ1) is 6.15. The van der Waals surface area contributed by atoms with E-state index >= 15 is 0 Å². The maximum Gasteiger partial charge on any atom is 0.337 e. The molecule has 0 spiro atoms. The summed E-state index contributed by atoms with van der Waals surface area (Å²) in [5.41, 5.74) is 6.06. The highest BCUT2D eigenvalue weighted by molar-refractivity contribution is 7.13. The zero-order valence-electron chi connectivity index (χ0n) is 7.15. The minimum atomic E-state index is -0.966. The summed E-state index contributed by atoms with van der Waals surface area (Å²) in [5.74, 6) is -0.966. The lowest BCUT2D eigenvalue weighted by Gasteiger charge is -1.95. The van der Waals surface area contributed by atoms with E-state index in [-0.39, 0.29) is 5.57 Å². The normalized spacial score (nSPS) is 11.6. The Bertz CT molecular complexity index is 344. The molecule has 0 saturated carbocycles. The number of nitrogens with zero attached hydrogens (tertiary/aromatic N) is 1. The molecule has 4 nitrogen and oxygen atoms in total. The van der Waals surface area contributed by atoms with Crippen LogP contribution in [0.4, 0.5) is 5.13 Å². The molecule has 0 radical (unpaired) electrons. The largest absolute Gasteiger partial charge is 0.478 e. The van der Waals surface area contributed by atoms with Gasteiger partial charge in [0.1, 0.15) is 0 Å². The molecular formula is C8H10N2O2S. The van der Waals surface area contributed by atoms with Crippen LogP contribution in [0.5, 0.6) is 0 Å². The summed E-state index contributed by atoms with van der Waals surface area (Å²) in [6.45, 7) is 1.87. The lowest BCUT2D eigenvalue weighted by Crippen LogP contribution is -2.00. The summed E-state index contributed by atoms with van der Waals surface area (Å²) in [6.07, 6.45) is 2.29. The van der Waals surface area contributed by atoms with Gasteiger partial charge in [0.2, 0.25) is 0 Å². The number of aromatic nitrogens is 1. The molecule has 0 aliphatic heterocycles. The van der Waals surface area contributed by atoms with Crippen molar-refractivity contribution in [2.24, 2.45) is 0 Å². The Balaban J connectivity index is 3.02. The fourth-order valence-electron chi connectivity index (χ4n) is 0.917. The number of aliphatic carboxylic acids is 1. The second-order valence-corrected chi connectivity index (χ2v) is 3.29. The molecule has 70 valence electrons. The molecule has 0 bridgehead atoms. The predicted molar refractivity (Wildman–Crippen MR) is 52.4 cm³/mol. The van der Waals surface area contributed by atoms with Gasteiger partial charge in [-0.05, 0) is 6.42 Å². The first-order valence-electron chi connectivity index (χ1n) is 3.80. The summed E-state index contributed by atoms with van der Waals surface area (Å²) < 4.78 is 0. The van der Waals surface area contributed by atoms with Gasteiger partial charge < -0.3 is 10.8 Å². The van der Waals surface area contributed by atoms with Crippen LogP contribution in [0.15, 0.2) is 11.5 Å². The molecule has 0 saturated heterocycles. The van der Waals surface area contributed by atoms with Gasteiger partial charge in [-0.25, -0.2) is 9.78 Å². The van der Waals surface area contributed by atoms with E-state index in [1.807, 2.05) is 6.92 Å². The Morgan fingerprint density at radius 1 is 1.85 bits per heavy atom. The molecule has 5 heteroatoms. The van der Waals surface area contributed by atoms with Crippen LogP contribution in [0.1, 0.15) is 19.0 Å². The Morgan fingerprint density at radius 2 is 2.54 bits per heavy atom. The Hall–Kier alpha value is -1.36. The lowest BCUT2D eigenvalue weighted by molar-refractivity contribution is -0.130. The van der Waals surface area contributed by atoms with Crippen LogP contribution in [0.25, 0.3) is 5.57 Å². The standard InChI is InChI=1S/C8H10N2O2S/c1-2-3-5(7(11)12)6-4-13-8(9)10-6/h3-4H,2H2,1H3,(H2,9,10)(H,11,12)/b5-3+. The van der Waals surface area contributed by atoms with Gasteiger partial charge in [0, 0.05) is 5.38 Å². The number of carboxylic acid groups (broad SMARTS) is 1. The summed E-state index contributed by atoms with van der Waals surface area (Å²) >= 11 is 1.24. The molecule has 0 atom stereocenters. The number of rotatable bonds is 3. The quantitative estimate of drug-likeness (QED) is 0.723. The van der Waals surface area contributed by atoms with Gasteiger partial charge in [-0.2, -0.15) is 0 Å². The molecular weight excluding hydrogens is 188 g/mol. The van der Waals surface area contributed by atoms with Gasteiger partial charge in [0.15, 0.2) is 5.13 Å². The minimum absolute atomic E-state index is 0.218. The molecule has 1 aromatic rings. The number of anilines is 1. The number of carbonyl (C=O) groups is 1. The Kier molecular flexibility index (Phi) is 3.02. The molecule has 0 aliphatic rings. The smallest absolute Gasteiger partial charge is 0.337 e. The van der Waals surface area contributed by atoms with Gasteiger partial charge in [0.25, 0.3) is 0 Å². The average Bonchev–Trinajstić information content (AvgIpc) is 2.46.